The zero-order chi connectivity index (χ0) is 7.52. The molecule has 58 valence electrons. The van der Waals surface area contributed by atoms with Gasteiger partial charge in [0.1, 0.15) is 17.9 Å². The van der Waals surface area contributed by atoms with E-state index in [-0.39, 0.29) is 6.04 Å². The number of hydrogen-bond acceptors (Lipinski definition) is 3. The summed E-state index contributed by atoms with van der Waals surface area (Å²) in [5.41, 5.74) is -1.47. The van der Waals surface area contributed by atoms with Gasteiger partial charge in [0.15, 0.2) is 0 Å². The Morgan fingerprint density at radius 1 is 1.60 bits per heavy atom. The first kappa shape index (κ1) is 6.52. The van der Waals surface area contributed by atoms with E-state index in [1.54, 1.807) is 6.92 Å². The predicted octanol–water partition coefficient (Wildman–Crippen LogP) is -1.21. The van der Waals surface area contributed by atoms with Crippen molar-refractivity contribution in [3.8, 4) is 0 Å². The summed E-state index contributed by atoms with van der Waals surface area (Å²) in [5, 5.41) is 21.0. The van der Waals surface area contributed by atoms with Crippen LogP contribution in [0, 0.1) is 0 Å². The summed E-state index contributed by atoms with van der Waals surface area (Å²) in [6.07, 6.45) is -2.23. The molecular weight excluding hydrogens is 137 g/mol. The van der Waals surface area contributed by atoms with Gasteiger partial charge in [-0.3, -0.25) is 0 Å². The Labute approximate surface area is 57.9 Å². The number of alkyl halides is 1. The highest BCUT2D eigenvalue weighted by atomic mass is 19.1. The molecule has 10 heavy (non-hydrogen) atoms. The van der Waals surface area contributed by atoms with E-state index in [0.717, 1.165) is 0 Å². The van der Waals surface area contributed by atoms with E-state index >= 15 is 0 Å². The van der Waals surface area contributed by atoms with Crippen molar-refractivity contribution in [2.45, 2.75) is 36.9 Å². The molecule has 1 aliphatic carbocycles. The molecule has 0 aromatic carbocycles. The maximum absolute atomic E-state index is 12.9. The predicted molar refractivity (Wildman–Crippen MR) is 32.2 cm³/mol. The molecule has 2 rings (SSSR count). The van der Waals surface area contributed by atoms with Crippen LogP contribution in [0.15, 0.2) is 0 Å². The van der Waals surface area contributed by atoms with Crippen LogP contribution in [0.2, 0.25) is 0 Å². The van der Waals surface area contributed by atoms with Gasteiger partial charge in [0.05, 0.1) is 6.04 Å². The van der Waals surface area contributed by atoms with Crippen LogP contribution in [0.25, 0.3) is 0 Å². The number of fused-ring (bicyclic) bond motifs is 1. The van der Waals surface area contributed by atoms with Crippen molar-refractivity contribution in [3.05, 3.63) is 0 Å². The Kier molecular flexibility index (Phi) is 0.990. The zero-order valence-corrected chi connectivity index (χ0v) is 5.58. The molecule has 5 atom stereocenters. The van der Waals surface area contributed by atoms with E-state index in [1.165, 1.54) is 0 Å². The molecule has 1 heterocycles. The van der Waals surface area contributed by atoms with Gasteiger partial charge in [0.2, 0.25) is 0 Å². The lowest BCUT2D eigenvalue weighted by Gasteiger charge is -2.14. The Bertz CT molecular complexity index is 177. The topological polar surface area (TPSA) is 52.5 Å². The molecule has 1 saturated heterocycles. The fraction of sp³-hybridized carbons (Fsp3) is 1.00. The molecule has 1 saturated carbocycles. The maximum atomic E-state index is 12.9. The minimum atomic E-state index is -1.47. The van der Waals surface area contributed by atoms with Gasteiger partial charge >= 0.3 is 0 Å². The third kappa shape index (κ3) is 0.468. The third-order valence-electron chi connectivity index (χ3n) is 2.50. The summed E-state index contributed by atoms with van der Waals surface area (Å²) in [4.78, 5) is 0. The SMILES string of the molecule is CC1NC2C(O)C2(O)C1F. The monoisotopic (exact) mass is 147 g/mol. The molecule has 0 spiro atoms. The molecule has 0 bridgehead atoms. The molecule has 3 nitrogen and oxygen atoms in total. The van der Waals surface area contributed by atoms with Crippen LogP contribution >= 0.6 is 0 Å². The Morgan fingerprint density at radius 3 is 2.50 bits per heavy atom. The molecule has 0 amide bonds. The Morgan fingerprint density at radius 2 is 2.20 bits per heavy atom. The smallest absolute Gasteiger partial charge is 0.148 e. The van der Waals surface area contributed by atoms with Crippen LogP contribution in [0.3, 0.4) is 0 Å². The van der Waals surface area contributed by atoms with E-state index in [1.807, 2.05) is 0 Å². The molecule has 0 aromatic heterocycles. The molecule has 5 unspecified atom stereocenters. The van der Waals surface area contributed by atoms with Gasteiger partial charge in [-0.25, -0.2) is 4.39 Å². The van der Waals surface area contributed by atoms with Crippen LogP contribution in [0.4, 0.5) is 4.39 Å². The molecular formula is C6H10FNO2. The standard InChI is InChI=1S/C6H10FNO2/c1-2-3(7)6(10)4(8-2)5(6)9/h2-5,8-10H,1H3. The van der Waals surface area contributed by atoms with Crippen molar-refractivity contribution >= 4 is 0 Å². The van der Waals surface area contributed by atoms with E-state index in [2.05, 4.69) is 5.32 Å². The minimum absolute atomic E-state index is 0.335. The quantitative estimate of drug-likeness (QED) is 0.403. The van der Waals surface area contributed by atoms with Crippen molar-refractivity contribution < 1.29 is 14.6 Å². The number of rotatable bonds is 0. The molecule has 1 aliphatic heterocycles. The Balaban J connectivity index is 2.20. The summed E-state index contributed by atoms with van der Waals surface area (Å²) in [6.45, 7) is 1.65. The van der Waals surface area contributed by atoms with E-state index in [9.17, 15) is 9.50 Å². The van der Waals surface area contributed by atoms with Crippen molar-refractivity contribution in [1.29, 1.82) is 0 Å². The lowest BCUT2D eigenvalue weighted by molar-refractivity contribution is 0.0156. The lowest BCUT2D eigenvalue weighted by atomic mass is 10.1. The van der Waals surface area contributed by atoms with Crippen LogP contribution in [-0.2, 0) is 0 Å². The van der Waals surface area contributed by atoms with Crippen LogP contribution < -0.4 is 5.32 Å². The van der Waals surface area contributed by atoms with Crippen LogP contribution in [-0.4, -0.2) is 40.2 Å². The fourth-order valence-electron chi connectivity index (χ4n) is 1.70. The number of piperidine rings is 1. The minimum Gasteiger partial charge on any atom is -0.388 e. The highest BCUT2D eigenvalue weighted by Gasteiger charge is 2.74. The molecule has 4 heteroatoms. The number of halogens is 1. The molecule has 2 aliphatic rings. The number of aliphatic hydroxyl groups is 2. The largest absolute Gasteiger partial charge is 0.388 e. The fourth-order valence-corrected chi connectivity index (χ4v) is 1.70. The van der Waals surface area contributed by atoms with Gasteiger partial charge < -0.3 is 15.5 Å². The van der Waals surface area contributed by atoms with Gasteiger partial charge in [-0.2, -0.15) is 0 Å². The highest BCUT2D eigenvalue weighted by Crippen LogP contribution is 2.47. The molecule has 2 fully saturated rings. The first-order valence-corrected chi connectivity index (χ1v) is 3.39. The Hall–Kier alpha value is -0.190. The summed E-state index contributed by atoms with van der Waals surface area (Å²) in [7, 11) is 0. The van der Waals surface area contributed by atoms with Gasteiger partial charge in [-0.1, -0.05) is 0 Å². The van der Waals surface area contributed by atoms with Crippen molar-refractivity contribution in [2.24, 2.45) is 0 Å². The molecule has 0 aromatic rings. The van der Waals surface area contributed by atoms with Crippen molar-refractivity contribution in [3.63, 3.8) is 0 Å². The highest BCUT2D eigenvalue weighted by molar-refractivity contribution is 5.29. The molecule has 0 radical (unpaired) electrons. The second-order valence-corrected chi connectivity index (χ2v) is 3.17. The van der Waals surface area contributed by atoms with E-state index in [0.29, 0.717) is 0 Å². The number of aliphatic hydroxyl groups excluding tert-OH is 1. The van der Waals surface area contributed by atoms with E-state index < -0.39 is 23.9 Å². The second kappa shape index (κ2) is 1.52. The number of nitrogens with one attached hydrogen (secondary N) is 1. The first-order chi connectivity index (χ1) is 4.58. The number of hydrogen-bond donors (Lipinski definition) is 3. The van der Waals surface area contributed by atoms with Gasteiger partial charge in [-0.05, 0) is 6.92 Å². The van der Waals surface area contributed by atoms with Gasteiger partial charge in [-0.15, -0.1) is 0 Å². The van der Waals surface area contributed by atoms with Crippen LogP contribution in [0.1, 0.15) is 6.92 Å². The second-order valence-electron chi connectivity index (χ2n) is 3.17. The summed E-state index contributed by atoms with van der Waals surface area (Å²) < 4.78 is 12.9. The van der Waals surface area contributed by atoms with E-state index in [4.69, 9.17) is 5.11 Å². The lowest BCUT2D eigenvalue weighted by Crippen LogP contribution is -2.37. The maximum Gasteiger partial charge on any atom is 0.148 e. The summed E-state index contributed by atoms with van der Waals surface area (Å²) in [5.74, 6) is 0. The summed E-state index contributed by atoms with van der Waals surface area (Å²) in [6, 6.07) is -0.768. The van der Waals surface area contributed by atoms with Crippen molar-refractivity contribution in [2.75, 3.05) is 0 Å². The molecule has 3 N–H and O–H groups in total. The van der Waals surface area contributed by atoms with Gasteiger partial charge in [0.25, 0.3) is 0 Å². The average Bonchev–Trinajstić information content (AvgIpc) is 2.29. The normalized spacial score (nSPS) is 66.0. The average molecular weight is 147 g/mol. The first-order valence-electron chi connectivity index (χ1n) is 3.39. The van der Waals surface area contributed by atoms with Gasteiger partial charge in [0, 0.05) is 6.04 Å². The van der Waals surface area contributed by atoms with Crippen molar-refractivity contribution in [1.82, 2.24) is 5.32 Å². The zero-order valence-electron chi connectivity index (χ0n) is 5.58. The summed E-state index contributed by atoms with van der Waals surface area (Å²) >= 11 is 0. The van der Waals surface area contributed by atoms with Crippen LogP contribution in [0.5, 0.6) is 0 Å². The third-order valence-corrected chi connectivity index (χ3v) is 2.50.